The highest BCUT2D eigenvalue weighted by atomic mass is 16.5. The summed E-state index contributed by atoms with van der Waals surface area (Å²) in [5, 5.41) is 0. The fraction of sp³-hybridized carbons (Fsp3) is 0.429. The highest BCUT2D eigenvalue weighted by molar-refractivity contribution is 6.02. The van der Waals surface area contributed by atoms with E-state index in [-0.39, 0.29) is 24.1 Å². The van der Waals surface area contributed by atoms with E-state index in [9.17, 15) is 9.59 Å². The third-order valence-electron chi connectivity index (χ3n) is 3.10. The van der Waals surface area contributed by atoms with Crippen molar-refractivity contribution in [2.45, 2.75) is 26.2 Å². The molecule has 0 aliphatic heterocycles. The number of allylic oxidation sites excluding steroid dienone is 6. The first kappa shape index (κ1) is 11.8. The summed E-state index contributed by atoms with van der Waals surface area (Å²) < 4.78 is 4.99. The van der Waals surface area contributed by atoms with E-state index in [1.54, 1.807) is 6.92 Å². The largest absolute Gasteiger partial charge is 0.466 e. The van der Waals surface area contributed by atoms with Crippen LogP contribution in [0.2, 0.25) is 0 Å². The molecular weight excluding hydrogens is 216 g/mol. The molecule has 3 heteroatoms. The molecule has 2 rings (SSSR count). The maximum atomic E-state index is 12.0. The van der Waals surface area contributed by atoms with E-state index in [1.807, 2.05) is 24.3 Å². The highest BCUT2D eigenvalue weighted by Gasteiger charge is 2.31. The molecule has 2 aliphatic rings. The lowest BCUT2D eigenvalue weighted by Crippen LogP contribution is -2.26. The Hall–Kier alpha value is -1.64. The molecule has 3 nitrogen and oxygen atoms in total. The van der Waals surface area contributed by atoms with Crippen LogP contribution in [-0.4, -0.2) is 18.4 Å². The van der Waals surface area contributed by atoms with Crippen molar-refractivity contribution in [3.8, 4) is 0 Å². The number of hydrogen-bond donors (Lipinski definition) is 0. The van der Waals surface area contributed by atoms with Gasteiger partial charge in [-0.3, -0.25) is 9.59 Å². The Balaban J connectivity index is 2.18. The van der Waals surface area contributed by atoms with Crippen molar-refractivity contribution in [2.24, 2.45) is 5.92 Å². The number of ether oxygens (including phenoxy) is 1. The number of hydrogen-bond acceptors (Lipinski definition) is 3. The highest BCUT2D eigenvalue weighted by Crippen LogP contribution is 2.32. The van der Waals surface area contributed by atoms with Gasteiger partial charge in [0.25, 0.3) is 0 Å². The van der Waals surface area contributed by atoms with Crippen LogP contribution in [0.15, 0.2) is 35.5 Å². The summed E-state index contributed by atoms with van der Waals surface area (Å²) in [4.78, 5) is 23.6. The van der Waals surface area contributed by atoms with Gasteiger partial charge in [-0.1, -0.05) is 29.9 Å². The second-order valence-electron chi connectivity index (χ2n) is 4.29. The molecule has 0 saturated heterocycles. The van der Waals surface area contributed by atoms with Gasteiger partial charge in [-0.25, -0.2) is 0 Å². The molecule has 1 atom stereocenters. The second-order valence-corrected chi connectivity index (χ2v) is 4.29. The van der Waals surface area contributed by atoms with Crippen molar-refractivity contribution in [3.05, 3.63) is 35.5 Å². The number of carbonyl (C=O) groups excluding carboxylic acids is 2. The summed E-state index contributed by atoms with van der Waals surface area (Å²) in [6.07, 6.45) is 9.36. The number of ketones is 1. The lowest BCUT2D eigenvalue weighted by atomic mass is 9.82. The predicted octanol–water partition coefficient (Wildman–Crippen LogP) is 2.34. The normalized spacial score (nSPS) is 23.4. The first-order chi connectivity index (χ1) is 8.22. The Morgan fingerprint density at radius 1 is 1.41 bits per heavy atom. The van der Waals surface area contributed by atoms with Gasteiger partial charge in [-0.2, -0.15) is 0 Å². The SMILES string of the molecule is CCOC(=O)C1CC(=O)C2=C(CC=CC=C2)C1. The van der Waals surface area contributed by atoms with Crippen molar-refractivity contribution in [3.63, 3.8) is 0 Å². The molecule has 90 valence electrons. The summed E-state index contributed by atoms with van der Waals surface area (Å²) in [5.74, 6) is -0.477. The molecule has 0 radical (unpaired) electrons. The molecule has 0 saturated carbocycles. The molecule has 1 unspecified atom stereocenters. The minimum atomic E-state index is -0.291. The molecule has 0 aromatic heterocycles. The molecular formula is C14H16O3. The van der Waals surface area contributed by atoms with Crippen LogP contribution < -0.4 is 0 Å². The van der Waals surface area contributed by atoms with Gasteiger partial charge in [0.2, 0.25) is 0 Å². The first-order valence-electron chi connectivity index (χ1n) is 5.97. The zero-order chi connectivity index (χ0) is 12.3. The van der Waals surface area contributed by atoms with E-state index in [2.05, 4.69) is 0 Å². The van der Waals surface area contributed by atoms with Gasteiger partial charge in [0, 0.05) is 12.0 Å². The fourth-order valence-electron chi connectivity index (χ4n) is 2.28. The molecule has 0 amide bonds. The fourth-order valence-corrected chi connectivity index (χ4v) is 2.28. The Morgan fingerprint density at radius 3 is 3.00 bits per heavy atom. The van der Waals surface area contributed by atoms with Crippen molar-refractivity contribution in [2.75, 3.05) is 6.61 Å². The van der Waals surface area contributed by atoms with Gasteiger partial charge in [-0.15, -0.1) is 0 Å². The second kappa shape index (κ2) is 5.13. The quantitative estimate of drug-likeness (QED) is 0.686. The first-order valence-corrected chi connectivity index (χ1v) is 5.97. The van der Waals surface area contributed by atoms with E-state index in [1.165, 1.54) is 0 Å². The molecule has 0 aromatic carbocycles. The summed E-state index contributed by atoms with van der Waals surface area (Å²) in [7, 11) is 0. The van der Waals surface area contributed by atoms with Gasteiger partial charge in [-0.05, 0) is 19.8 Å². The zero-order valence-electron chi connectivity index (χ0n) is 9.94. The Labute approximate surface area is 101 Å². The Kier molecular flexibility index (Phi) is 3.57. The van der Waals surface area contributed by atoms with Gasteiger partial charge in [0.15, 0.2) is 5.78 Å². The molecule has 0 spiro atoms. The number of esters is 1. The lowest BCUT2D eigenvalue weighted by molar-refractivity contribution is -0.149. The summed E-state index contributed by atoms with van der Waals surface area (Å²) in [6, 6.07) is 0. The molecule has 0 N–H and O–H groups in total. The summed E-state index contributed by atoms with van der Waals surface area (Å²) >= 11 is 0. The van der Waals surface area contributed by atoms with Crippen LogP contribution in [0.3, 0.4) is 0 Å². The minimum Gasteiger partial charge on any atom is -0.466 e. The van der Waals surface area contributed by atoms with Crippen LogP contribution >= 0.6 is 0 Å². The summed E-state index contributed by atoms with van der Waals surface area (Å²) in [6.45, 7) is 2.15. The van der Waals surface area contributed by atoms with Gasteiger partial charge in [0.1, 0.15) is 0 Å². The molecule has 17 heavy (non-hydrogen) atoms. The molecule has 0 bridgehead atoms. The third-order valence-corrected chi connectivity index (χ3v) is 3.10. The topological polar surface area (TPSA) is 43.4 Å². The molecule has 0 fully saturated rings. The maximum absolute atomic E-state index is 12.0. The van der Waals surface area contributed by atoms with Crippen LogP contribution in [0, 0.1) is 5.92 Å². The lowest BCUT2D eigenvalue weighted by Gasteiger charge is -2.23. The molecule has 0 heterocycles. The van der Waals surface area contributed by atoms with E-state index in [0.29, 0.717) is 13.0 Å². The number of Topliss-reactive ketones (excluding diaryl/α,β-unsaturated/α-hetero) is 1. The van der Waals surface area contributed by atoms with E-state index < -0.39 is 0 Å². The van der Waals surface area contributed by atoms with Crippen LogP contribution in [0.25, 0.3) is 0 Å². The molecule has 0 aromatic rings. The van der Waals surface area contributed by atoms with Gasteiger partial charge in [0.05, 0.1) is 12.5 Å². The van der Waals surface area contributed by atoms with Crippen molar-refractivity contribution in [1.29, 1.82) is 0 Å². The zero-order valence-corrected chi connectivity index (χ0v) is 9.94. The van der Waals surface area contributed by atoms with Crippen molar-refractivity contribution in [1.82, 2.24) is 0 Å². The average Bonchev–Trinajstić information content (AvgIpc) is 2.54. The Bertz CT molecular complexity index is 427. The van der Waals surface area contributed by atoms with Crippen molar-refractivity contribution >= 4 is 11.8 Å². The average molecular weight is 232 g/mol. The standard InChI is InChI=1S/C14H16O3/c1-2-17-14(16)11-8-10-6-4-3-5-7-12(10)13(15)9-11/h3-5,7,11H,2,6,8-9H2,1H3. The van der Waals surface area contributed by atoms with Crippen LogP contribution in [0.5, 0.6) is 0 Å². The van der Waals surface area contributed by atoms with Crippen molar-refractivity contribution < 1.29 is 14.3 Å². The smallest absolute Gasteiger partial charge is 0.309 e. The van der Waals surface area contributed by atoms with E-state index in [4.69, 9.17) is 4.74 Å². The molecule has 2 aliphatic carbocycles. The van der Waals surface area contributed by atoms with Crippen LogP contribution in [0.1, 0.15) is 26.2 Å². The number of carbonyl (C=O) groups is 2. The van der Waals surface area contributed by atoms with E-state index >= 15 is 0 Å². The van der Waals surface area contributed by atoms with Crippen LogP contribution in [-0.2, 0) is 14.3 Å². The third kappa shape index (κ3) is 2.54. The van der Waals surface area contributed by atoms with Crippen LogP contribution in [0.4, 0.5) is 0 Å². The minimum absolute atomic E-state index is 0.0595. The maximum Gasteiger partial charge on any atom is 0.309 e. The monoisotopic (exact) mass is 232 g/mol. The van der Waals surface area contributed by atoms with Gasteiger partial charge >= 0.3 is 5.97 Å². The predicted molar refractivity (Wildman–Crippen MR) is 64.3 cm³/mol. The van der Waals surface area contributed by atoms with E-state index in [0.717, 1.165) is 17.6 Å². The number of rotatable bonds is 2. The summed E-state index contributed by atoms with van der Waals surface area (Å²) in [5.41, 5.74) is 1.85. The van der Waals surface area contributed by atoms with Gasteiger partial charge < -0.3 is 4.74 Å². The Morgan fingerprint density at radius 2 is 2.24 bits per heavy atom.